The predicted octanol–water partition coefficient (Wildman–Crippen LogP) is 0.824. The van der Waals surface area contributed by atoms with Gasteiger partial charge in [-0.05, 0) is 11.6 Å². The number of carbonyl (C=O) groups is 1. The van der Waals surface area contributed by atoms with Crippen molar-refractivity contribution in [3.63, 3.8) is 0 Å². The van der Waals surface area contributed by atoms with Gasteiger partial charge in [-0.3, -0.25) is 14.9 Å². The van der Waals surface area contributed by atoms with Crippen molar-refractivity contribution < 1.29 is 9.72 Å². The van der Waals surface area contributed by atoms with E-state index in [0.717, 1.165) is 6.08 Å². The SMILES string of the molecule is O=C1C=C([N+](=O)[O-])c2ncccc2C1. The summed E-state index contributed by atoms with van der Waals surface area (Å²) in [5, 5.41) is 10.6. The molecule has 14 heavy (non-hydrogen) atoms. The number of rotatable bonds is 1. The van der Waals surface area contributed by atoms with Gasteiger partial charge in [-0.25, -0.2) is 4.98 Å². The van der Waals surface area contributed by atoms with Crippen LogP contribution in [0.5, 0.6) is 0 Å². The summed E-state index contributed by atoms with van der Waals surface area (Å²) >= 11 is 0. The minimum absolute atomic E-state index is 0.195. The topological polar surface area (TPSA) is 73.1 Å². The maximum atomic E-state index is 11.1. The van der Waals surface area contributed by atoms with Crippen LogP contribution in [0.25, 0.3) is 5.70 Å². The second kappa shape index (κ2) is 3.02. The summed E-state index contributed by atoms with van der Waals surface area (Å²) in [7, 11) is 0. The molecule has 5 nitrogen and oxygen atoms in total. The number of hydrogen-bond acceptors (Lipinski definition) is 4. The lowest BCUT2D eigenvalue weighted by atomic mass is 9.99. The fraction of sp³-hybridized carbons (Fsp3) is 0.111. The summed E-state index contributed by atoms with van der Waals surface area (Å²) in [6, 6.07) is 3.34. The fourth-order valence-corrected chi connectivity index (χ4v) is 1.41. The van der Waals surface area contributed by atoms with Crippen molar-refractivity contribution in [1.29, 1.82) is 0 Å². The maximum absolute atomic E-state index is 11.1. The van der Waals surface area contributed by atoms with E-state index in [4.69, 9.17) is 0 Å². The largest absolute Gasteiger partial charge is 0.298 e. The molecule has 0 spiro atoms. The minimum atomic E-state index is -0.580. The number of hydrogen-bond donors (Lipinski definition) is 0. The predicted molar refractivity (Wildman–Crippen MR) is 47.9 cm³/mol. The highest BCUT2D eigenvalue weighted by Gasteiger charge is 2.26. The average Bonchev–Trinajstić information content (AvgIpc) is 2.16. The molecule has 70 valence electrons. The van der Waals surface area contributed by atoms with E-state index in [0.29, 0.717) is 11.3 Å². The highest BCUT2D eigenvalue weighted by Crippen LogP contribution is 2.22. The van der Waals surface area contributed by atoms with E-state index in [2.05, 4.69) is 4.98 Å². The van der Waals surface area contributed by atoms with E-state index in [9.17, 15) is 14.9 Å². The van der Waals surface area contributed by atoms with Crippen LogP contribution in [-0.2, 0) is 11.2 Å². The van der Waals surface area contributed by atoms with Crippen LogP contribution in [0.4, 0.5) is 0 Å². The molecule has 2 rings (SSSR count). The molecule has 0 aliphatic heterocycles. The summed E-state index contributed by atoms with van der Waals surface area (Å²) in [5.41, 5.74) is 0.709. The molecular formula is C9H6N2O3. The Balaban J connectivity index is 2.61. The third kappa shape index (κ3) is 1.28. The van der Waals surface area contributed by atoms with Crippen LogP contribution in [0.1, 0.15) is 11.3 Å². The van der Waals surface area contributed by atoms with Crippen molar-refractivity contribution in [3.05, 3.63) is 45.8 Å². The van der Waals surface area contributed by atoms with Crippen LogP contribution >= 0.6 is 0 Å². The molecule has 0 saturated heterocycles. The Labute approximate surface area is 79.2 Å². The molecule has 1 aliphatic carbocycles. The highest BCUT2D eigenvalue weighted by molar-refractivity contribution is 5.99. The molecule has 1 aliphatic rings. The number of allylic oxidation sites excluding steroid dienone is 1. The van der Waals surface area contributed by atoms with E-state index in [1.165, 1.54) is 6.20 Å². The van der Waals surface area contributed by atoms with Gasteiger partial charge < -0.3 is 0 Å². The number of pyridine rings is 1. The molecule has 5 heteroatoms. The van der Waals surface area contributed by atoms with E-state index in [-0.39, 0.29) is 17.9 Å². The molecular weight excluding hydrogens is 184 g/mol. The lowest BCUT2D eigenvalue weighted by molar-refractivity contribution is -0.375. The molecule has 1 aromatic rings. The number of nitrogens with zero attached hydrogens (tertiary/aromatic N) is 2. The van der Waals surface area contributed by atoms with Gasteiger partial charge in [0.25, 0.3) is 5.70 Å². The van der Waals surface area contributed by atoms with E-state index in [1.807, 2.05) is 0 Å². The lowest BCUT2D eigenvalue weighted by Crippen LogP contribution is -2.14. The first kappa shape index (κ1) is 8.55. The van der Waals surface area contributed by atoms with Crippen molar-refractivity contribution in [2.75, 3.05) is 0 Å². The fourth-order valence-electron chi connectivity index (χ4n) is 1.41. The second-order valence-corrected chi connectivity index (χ2v) is 2.94. The summed E-state index contributed by atoms with van der Waals surface area (Å²) in [4.78, 5) is 25.1. The molecule has 0 saturated carbocycles. The summed E-state index contributed by atoms with van der Waals surface area (Å²) < 4.78 is 0. The molecule has 0 amide bonds. The molecule has 0 radical (unpaired) electrons. The summed E-state index contributed by atoms with van der Waals surface area (Å²) in [6.07, 6.45) is 2.71. The summed E-state index contributed by atoms with van der Waals surface area (Å²) in [5.74, 6) is -0.253. The Hall–Kier alpha value is -2.04. The number of ketones is 1. The molecule has 0 unspecified atom stereocenters. The smallest absolute Gasteiger partial charge is 0.294 e. The first-order chi connectivity index (χ1) is 6.68. The zero-order valence-corrected chi connectivity index (χ0v) is 7.14. The van der Waals surface area contributed by atoms with Gasteiger partial charge in [-0.2, -0.15) is 0 Å². The number of nitro groups is 1. The first-order valence-electron chi connectivity index (χ1n) is 4.01. The number of carbonyl (C=O) groups excluding carboxylic acids is 1. The van der Waals surface area contributed by atoms with Crippen molar-refractivity contribution in [2.24, 2.45) is 0 Å². The Kier molecular flexibility index (Phi) is 1.85. The van der Waals surface area contributed by atoms with Crippen molar-refractivity contribution in [2.45, 2.75) is 6.42 Å². The quantitative estimate of drug-likeness (QED) is 0.485. The molecule has 0 fully saturated rings. The van der Waals surface area contributed by atoms with Crippen LogP contribution in [0.3, 0.4) is 0 Å². The van der Waals surface area contributed by atoms with Crippen LogP contribution in [0.15, 0.2) is 24.4 Å². The Morgan fingerprint density at radius 3 is 3.00 bits per heavy atom. The Bertz CT molecular complexity index is 451. The second-order valence-electron chi connectivity index (χ2n) is 2.94. The standard InChI is InChI=1S/C9H6N2O3/c12-7-4-6-2-1-3-10-9(6)8(5-7)11(13)14/h1-3,5H,4H2. The maximum Gasteiger partial charge on any atom is 0.298 e. The molecule has 0 atom stereocenters. The van der Waals surface area contributed by atoms with Crippen LogP contribution < -0.4 is 0 Å². The molecule has 0 N–H and O–H groups in total. The third-order valence-electron chi connectivity index (χ3n) is 1.99. The summed E-state index contributed by atoms with van der Waals surface area (Å²) in [6.45, 7) is 0. The van der Waals surface area contributed by atoms with Crippen LogP contribution in [-0.4, -0.2) is 15.7 Å². The van der Waals surface area contributed by atoms with Gasteiger partial charge in [0.1, 0.15) is 5.69 Å². The molecule has 0 bridgehead atoms. The number of aromatic nitrogens is 1. The van der Waals surface area contributed by atoms with Gasteiger partial charge >= 0.3 is 0 Å². The van der Waals surface area contributed by atoms with Crippen molar-refractivity contribution in [1.82, 2.24) is 4.98 Å². The van der Waals surface area contributed by atoms with Crippen molar-refractivity contribution >= 4 is 11.5 Å². The van der Waals surface area contributed by atoms with Crippen LogP contribution in [0.2, 0.25) is 0 Å². The van der Waals surface area contributed by atoms with Gasteiger partial charge in [-0.15, -0.1) is 0 Å². The number of fused-ring (bicyclic) bond motifs is 1. The average molecular weight is 190 g/mol. The van der Waals surface area contributed by atoms with Gasteiger partial charge in [0.05, 0.1) is 11.0 Å². The lowest BCUT2D eigenvalue weighted by Gasteiger charge is -2.08. The van der Waals surface area contributed by atoms with Gasteiger partial charge in [-0.1, -0.05) is 6.07 Å². The normalized spacial score (nSPS) is 14.6. The molecule has 1 heterocycles. The van der Waals surface area contributed by atoms with Gasteiger partial charge in [0, 0.05) is 12.6 Å². The zero-order chi connectivity index (χ0) is 10.1. The van der Waals surface area contributed by atoms with E-state index < -0.39 is 4.92 Å². The zero-order valence-electron chi connectivity index (χ0n) is 7.14. The monoisotopic (exact) mass is 190 g/mol. The van der Waals surface area contributed by atoms with Gasteiger partial charge in [0.15, 0.2) is 5.78 Å². The van der Waals surface area contributed by atoms with Gasteiger partial charge in [0.2, 0.25) is 0 Å². The third-order valence-corrected chi connectivity index (χ3v) is 1.99. The van der Waals surface area contributed by atoms with Crippen LogP contribution in [0, 0.1) is 10.1 Å². The molecule has 1 aromatic heterocycles. The van der Waals surface area contributed by atoms with E-state index >= 15 is 0 Å². The molecule has 0 aromatic carbocycles. The first-order valence-corrected chi connectivity index (χ1v) is 4.01. The van der Waals surface area contributed by atoms with Crippen molar-refractivity contribution in [3.8, 4) is 0 Å². The Morgan fingerprint density at radius 2 is 2.29 bits per heavy atom. The highest BCUT2D eigenvalue weighted by atomic mass is 16.6. The van der Waals surface area contributed by atoms with E-state index in [1.54, 1.807) is 12.1 Å². The Morgan fingerprint density at radius 1 is 1.50 bits per heavy atom. The minimum Gasteiger partial charge on any atom is -0.294 e.